The Bertz CT molecular complexity index is 2370. The van der Waals surface area contributed by atoms with E-state index in [4.69, 9.17) is 9.47 Å². The molecule has 8 aromatic carbocycles. The molecular weight excluding hydrogens is 536 g/mol. The molecule has 44 heavy (non-hydrogen) atoms. The van der Waals surface area contributed by atoms with E-state index in [-0.39, 0.29) is 0 Å². The predicted octanol–water partition coefficient (Wildman–Crippen LogP) is 11.3. The minimum Gasteiger partial charge on any atom is -0.497 e. The molecule has 2 nitrogen and oxygen atoms in total. The molecule has 0 aliphatic heterocycles. The van der Waals surface area contributed by atoms with E-state index in [1.165, 1.54) is 71.1 Å². The Hall–Kier alpha value is -5.60. The predicted molar refractivity (Wildman–Crippen MR) is 186 cm³/mol. The molecule has 0 unspecified atom stereocenters. The lowest BCUT2D eigenvalue weighted by Gasteiger charge is -2.17. The Morgan fingerprint density at radius 1 is 0.341 bits per heavy atom. The summed E-state index contributed by atoms with van der Waals surface area (Å²) in [7, 11) is 3.44. The molecule has 0 aromatic heterocycles. The number of ether oxygens (including phenoxy) is 2. The van der Waals surface area contributed by atoms with Gasteiger partial charge in [0.15, 0.2) is 0 Å². The highest BCUT2D eigenvalue weighted by atomic mass is 16.5. The molecular formula is C42H30O2. The fourth-order valence-corrected chi connectivity index (χ4v) is 6.76. The molecule has 0 spiro atoms. The molecule has 0 heterocycles. The SMILES string of the molecule is COc1ccc2cc(-c3ccc(-c4ccc(-c5ccc(OC)c6ccccc56)c5ccccc45)c4ccccc34)ccc2c1. The van der Waals surface area contributed by atoms with Crippen LogP contribution in [0, 0.1) is 0 Å². The second kappa shape index (κ2) is 10.6. The molecule has 2 heteroatoms. The third-order valence-corrected chi connectivity index (χ3v) is 8.89. The van der Waals surface area contributed by atoms with Crippen LogP contribution in [0.2, 0.25) is 0 Å². The van der Waals surface area contributed by atoms with Crippen molar-refractivity contribution in [2.24, 2.45) is 0 Å². The first-order valence-corrected chi connectivity index (χ1v) is 14.9. The first-order valence-electron chi connectivity index (χ1n) is 14.9. The van der Waals surface area contributed by atoms with Gasteiger partial charge in [0, 0.05) is 5.39 Å². The zero-order valence-corrected chi connectivity index (χ0v) is 24.7. The van der Waals surface area contributed by atoms with Crippen molar-refractivity contribution >= 4 is 43.1 Å². The lowest BCUT2D eigenvalue weighted by atomic mass is 9.87. The van der Waals surface area contributed by atoms with E-state index in [0.717, 1.165) is 16.9 Å². The Balaban J connectivity index is 1.31. The van der Waals surface area contributed by atoms with E-state index in [2.05, 4.69) is 140 Å². The molecule has 210 valence electrons. The first-order chi connectivity index (χ1) is 21.7. The average molecular weight is 567 g/mol. The first kappa shape index (κ1) is 26.1. The molecule has 8 aromatic rings. The average Bonchev–Trinajstić information content (AvgIpc) is 3.10. The summed E-state index contributed by atoms with van der Waals surface area (Å²) in [6, 6.07) is 52.4. The molecule has 0 radical (unpaired) electrons. The van der Waals surface area contributed by atoms with Gasteiger partial charge < -0.3 is 9.47 Å². The zero-order chi connectivity index (χ0) is 29.6. The van der Waals surface area contributed by atoms with E-state index < -0.39 is 0 Å². The third kappa shape index (κ3) is 4.19. The summed E-state index contributed by atoms with van der Waals surface area (Å²) < 4.78 is 11.1. The standard InChI is InChI=1S/C42H30O2/c1-43-30-18-17-27-25-29(16-15-28(27)26-30)31-19-20-37(33-10-4-3-9-32(31)33)38-21-22-39(35-12-6-5-11-34(35)38)40-23-24-42(44-2)41-14-8-7-13-36(40)41/h3-26H,1-2H3. The molecule has 0 saturated carbocycles. The molecule has 0 N–H and O–H groups in total. The Kier molecular flexibility index (Phi) is 6.27. The quantitative estimate of drug-likeness (QED) is 0.206. The van der Waals surface area contributed by atoms with Crippen LogP contribution in [0.15, 0.2) is 146 Å². The second-order valence-corrected chi connectivity index (χ2v) is 11.2. The van der Waals surface area contributed by atoms with Gasteiger partial charge in [-0.1, -0.05) is 121 Å². The largest absolute Gasteiger partial charge is 0.497 e. The van der Waals surface area contributed by atoms with Gasteiger partial charge in [0.1, 0.15) is 11.5 Å². The molecule has 8 rings (SSSR count). The monoisotopic (exact) mass is 566 g/mol. The van der Waals surface area contributed by atoms with Gasteiger partial charge in [-0.2, -0.15) is 0 Å². The van der Waals surface area contributed by atoms with Crippen LogP contribution in [0.25, 0.3) is 76.5 Å². The van der Waals surface area contributed by atoms with E-state index in [9.17, 15) is 0 Å². The highest BCUT2D eigenvalue weighted by molar-refractivity contribution is 6.14. The molecule has 0 fully saturated rings. The molecule has 0 saturated heterocycles. The van der Waals surface area contributed by atoms with E-state index >= 15 is 0 Å². The van der Waals surface area contributed by atoms with Gasteiger partial charge >= 0.3 is 0 Å². The Labute approximate surface area is 256 Å². The highest BCUT2D eigenvalue weighted by Gasteiger charge is 2.16. The maximum absolute atomic E-state index is 5.69. The van der Waals surface area contributed by atoms with Crippen LogP contribution in [0.3, 0.4) is 0 Å². The number of methoxy groups -OCH3 is 2. The van der Waals surface area contributed by atoms with Crippen LogP contribution in [0.5, 0.6) is 11.5 Å². The fourth-order valence-electron chi connectivity index (χ4n) is 6.76. The summed E-state index contributed by atoms with van der Waals surface area (Å²) in [5, 5.41) is 9.64. The number of benzene rings is 8. The molecule has 0 aliphatic rings. The van der Waals surface area contributed by atoms with Crippen molar-refractivity contribution in [2.75, 3.05) is 14.2 Å². The van der Waals surface area contributed by atoms with Crippen LogP contribution in [0.4, 0.5) is 0 Å². The van der Waals surface area contributed by atoms with Crippen molar-refractivity contribution < 1.29 is 9.47 Å². The van der Waals surface area contributed by atoms with Gasteiger partial charge in [-0.15, -0.1) is 0 Å². The fraction of sp³-hybridized carbons (Fsp3) is 0.0476. The van der Waals surface area contributed by atoms with Crippen molar-refractivity contribution in [1.82, 2.24) is 0 Å². The van der Waals surface area contributed by atoms with Crippen molar-refractivity contribution in [2.45, 2.75) is 0 Å². The summed E-state index contributed by atoms with van der Waals surface area (Å²) in [5.41, 5.74) is 7.33. The van der Waals surface area contributed by atoms with Gasteiger partial charge in [0.2, 0.25) is 0 Å². The summed E-state index contributed by atoms with van der Waals surface area (Å²) in [6.45, 7) is 0. The molecule has 0 bridgehead atoms. The third-order valence-electron chi connectivity index (χ3n) is 8.89. The number of hydrogen-bond donors (Lipinski definition) is 0. The van der Waals surface area contributed by atoms with Crippen LogP contribution < -0.4 is 9.47 Å². The highest BCUT2D eigenvalue weighted by Crippen LogP contribution is 2.43. The number of fused-ring (bicyclic) bond motifs is 4. The summed E-state index contributed by atoms with van der Waals surface area (Å²) >= 11 is 0. The summed E-state index contributed by atoms with van der Waals surface area (Å²) in [5.74, 6) is 1.77. The van der Waals surface area contributed by atoms with Gasteiger partial charge in [-0.3, -0.25) is 0 Å². The van der Waals surface area contributed by atoms with Crippen LogP contribution in [-0.4, -0.2) is 14.2 Å². The van der Waals surface area contributed by atoms with Crippen molar-refractivity contribution in [3.05, 3.63) is 146 Å². The van der Waals surface area contributed by atoms with Crippen molar-refractivity contribution in [1.29, 1.82) is 0 Å². The minimum atomic E-state index is 0.874. The van der Waals surface area contributed by atoms with Crippen molar-refractivity contribution in [3.8, 4) is 44.9 Å². The van der Waals surface area contributed by atoms with Crippen LogP contribution in [0.1, 0.15) is 0 Å². The Morgan fingerprint density at radius 2 is 0.773 bits per heavy atom. The van der Waals surface area contributed by atoms with Crippen LogP contribution >= 0.6 is 0 Å². The second-order valence-electron chi connectivity index (χ2n) is 11.2. The topological polar surface area (TPSA) is 18.5 Å². The van der Waals surface area contributed by atoms with Crippen molar-refractivity contribution in [3.63, 3.8) is 0 Å². The molecule has 0 amide bonds. The molecule has 0 aliphatic carbocycles. The maximum atomic E-state index is 5.69. The number of rotatable bonds is 5. The van der Waals surface area contributed by atoms with E-state index in [0.29, 0.717) is 0 Å². The summed E-state index contributed by atoms with van der Waals surface area (Å²) in [6.07, 6.45) is 0. The lowest BCUT2D eigenvalue weighted by molar-refractivity contribution is 0.415. The smallest absolute Gasteiger partial charge is 0.126 e. The lowest BCUT2D eigenvalue weighted by Crippen LogP contribution is -1.91. The Morgan fingerprint density at radius 3 is 1.32 bits per heavy atom. The van der Waals surface area contributed by atoms with Gasteiger partial charge in [-0.25, -0.2) is 0 Å². The van der Waals surface area contributed by atoms with Gasteiger partial charge in [0.25, 0.3) is 0 Å². The van der Waals surface area contributed by atoms with Gasteiger partial charge in [0.05, 0.1) is 14.2 Å². The summed E-state index contributed by atoms with van der Waals surface area (Å²) in [4.78, 5) is 0. The zero-order valence-electron chi connectivity index (χ0n) is 24.7. The van der Waals surface area contributed by atoms with E-state index in [1.54, 1.807) is 14.2 Å². The van der Waals surface area contributed by atoms with E-state index in [1.807, 2.05) is 6.07 Å². The van der Waals surface area contributed by atoms with Gasteiger partial charge in [-0.05, 0) is 95.3 Å². The maximum Gasteiger partial charge on any atom is 0.126 e. The number of hydrogen-bond acceptors (Lipinski definition) is 2. The molecule has 0 atom stereocenters. The van der Waals surface area contributed by atoms with Crippen LogP contribution in [-0.2, 0) is 0 Å². The minimum absolute atomic E-state index is 0.874. The normalized spacial score (nSPS) is 11.4.